The summed E-state index contributed by atoms with van der Waals surface area (Å²) in [5.41, 5.74) is 5.36. The monoisotopic (exact) mass is 134 g/mol. The van der Waals surface area contributed by atoms with Crippen molar-refractivity contribution in [3.05, 3.63) is 24.3 Å². The highest BCUT2D eigenvalue weighted by Gasteiger charge is 2.14. The molecule has 2 nitrogen and oxygen atoms in total. The lowest BCUT2D eigenvalue weighted by molar-refractivity contribution is 0.710. The van der Waals surface area contributed by atoms with E-state index in [2.05, 4.69) is 6.07 Å². The molecule has 0 saturated heterocycles. The lowest BCUT2D eigenvalue weighted by Crippen LogP contribution is -2.32. The molecule has 2 heteroatoms. The van der Waals surface area contributed by atoms with E-state index >= 15 is 0 Å². The van der Waals surface area contributed by atoms with Crippen LogP contribution in [0.15, 0.2) is 24.3 Å². The third kappa shape index (κ3) is 1.46. The normalized spacial score (nSPS) is 37.5. The first-order valence-electron chi connectivity index (χ1n) is 3.21. The Balaban J connectivity index is 2.73. The standard InChI is InChI=1S/C8H10N2/c1-8(10)4-2-7(6-9)3-5-8/h2-5,7H,10H2,1H3. The molecule has 0 aromatic heterocycles. The van der Waals surface area contributed by atoms with E-state index in [0.717, 1.165) is 0 Å². The van der Waals surface area contributed by atoms with Gasteiger partial charge in [-0.15, -0.1) is 0 Å². The maximum atomic E-state index is 8.47. The van der Waals surface area contributed by atoms with E-state index < -0.39 is 0 Å². The van der Waals surface area contributed by atoms with Crippen molar-refractivity contribution >= 4 is 0 Å². The molecule has 0 radical (unpaired) electrons. The number of nitrogens with zero attached hydrogens (tertiary/aromatic N) is 1. The van der Waals surface area contributed by atoms with Gasteiger partial charge in [-0.05, 0) is 6.92 Å². The fourth-order valence-electron chi connectivity index (χ4n) is 0.828. The van der Waals surface area contributed by atoms with Crippen molar-refractivity contribution in [2.45, 2.75) is 12.5 Å². The highest BCUT2D eigenvalue weighted by Crippen LogP contribution is 2.14. The van der Waals surface area contributed by atoms with Gasteiger partial charge in [0, 0.05) is 5.54 Å². The number of hydrogen-bond donors (Lipinski definition) is 1. The minimum Gasteiger partial charge on any atom is -0.319 e. The van der Waals surface area contributed by atoms with Gasteiger partial charge in [0.1, 0.15) is 0 Å². The van der Waals surface area contributed by atoms with Gasteiger partial charge < -0.3 is 5.73 Å². The minimum absolute atomic E-state index is 0.0865. The van der Waals surface area contributed by atoms with Crippen molar-refractivity contribution in [1.29, 1.82) is 5.26 Å². The van der Waals surface area contributed by atoms with Gasteiger partial charge in [0.2, 0.25) is 0 Å². The Bertz CT molecular complexity index is 202. The van der Waals surface area contributed by atoms with Crippen molar-refractivity contribution in [3.8, 4) is 6.07 Å². The molecule has 1 aliphatic rings. The topological polar surface area (TPSA) is 49.8 Å². The predicted molar refractivity (Wildman–Crippen MR) is 40.0 cm³/mol. The molecule has 0 amide bonds. The highest BCUT2D eigenvalue weighted by atomic mass is 14.7. The van der Waals surface area contributed by atoms with E-state index in [0.29, 0.717) is 0 Å². The first-order chi connectivity index (χ1) is 4.64. The van der Waals surface area contributed by atoms with Crippen LogP contribution in [0.5, 0.6) is 0 Å². The van der Waals surface area contributed by atoms with Gasteiger partial charge in [-0.2, -0.15) is 5.26 Å². The maximum absolute atomic E-state index is 8.47. The Kier molecular flexibility index (Phi) is 1.60. The zero-order valence-corrected chi connectivity index (χ0v) is 5.91. The third-order valence-electron chi connectivity index (χ3n) is 1.47. The molecule has 0 spiro atoms. The zero-order chi connectivity index (χ0) is 7.61. The largest absolute Gasteiger partial charge is 0.319 e. The van der Waals surface area contributed by atoms with Crippen LogP contribution in [0.4, 0.5) is 0 Å². The summed E-state index contributed by atoms with van der Waals surface area (Å²) in [6.07, 6.45) is 7.34. The Morgan fingerprint density at radius 2 is 2.00 bits per heavy atom. The second kappa shape index (κ2) is 2.28. The van der Waals surface area contributed by atoms with Crippen molar-refractivity contribution < 1.29 is 0 Å². The Hall–Kier alpha value is -1.07. The Morgan fingerprint density at radius 1 is 1.50 bits per heavy atom. The number of hydrogen-bond acceptors (Lipinski definition) is 2. The molecular weight excluding hydrogens is 124 g/mol. The second-order valence-electron chi connectivity index (χ2n) is 2.74. The molecule has 1 rings (SSSR count). The molecule has 2 N–H and O–H groups in total. The van der Waals surface area contributed by atoms with E-state index in [1.807, 2.05) is 31.2 Å². The number of nitrogens with two attached hydrogens (primary N) is 1. The molecule has 0 aromatic carbocycles. The summed E-state index contributed by atoms with van der Waals surface area (Å²) in [6, 6.07) is 2.11. The first kappa shape index (κ1) is 7.04. The molecule has 0 aliphatic heterocycles. The maximum Gasteiger partial charge on any atom is 0.0825 e. The summed E-state index contributed by atoms with van der Waals surface area (Å²) < 4.78 is 0. The van der Waals surface area contributed by atoms with Gasteiger partial charge in [0.25, 0.3) is 0 Å². The van der Waals surface area contributed by atoms with Crippen LogP contribution in [0, 0.1) is 17.2 Å². The van der Waals surface area contributed by atoms with Crippen molar-refractivity contribution in [2.24, 2.45) is 11.7 Å². The quantitative estimate of drug-likeness (QED) is 0.502. The van der Waals surface area contributed by atoms with E-state index in [-0.39, 0.29) is 11.5 Å². The van der Waals surface area contributed by atoms with Crippen molar-refractivity contribution in [2.75, 3.05) is 0 Å². The molecule has 0 atom stereocenters. The molecule has 52 valence electrons. The van der Waals surface area contributed by atoms with Crippen LogP contribution in [0.25, 0.3) is 0 Å². The van der Waals surface area contributed by atoms with Crippen LogP contribution in [0.2, 0.25) is 0 Å². The van der Waals surface area contributed by atoms with Crippen LogP contribution >= 0.6 is 0 Å². The van der Waals surface area contributed by atoms with E-state index in [9.17, 15) is 0 Å². The summed E-state index contributed by atoms with van der Waals surface area (Å²) in [4.78, 5) is 0. The molecule has 10 heavy (non-hydrogen) atoms. The average Bonchev–Trinajstić information content (AvgIpc) is 1.88. The summed E-state index contributed by atoms with van der Waals surface area (Å²) in [7, 11) is 0. The molecule has 0 saturated carbocycles. The third-order valence-corrected chi connectivity index (χ3v) is 1.47. The molecule has 0 fully saturated rings. The van der Waals surface area contributed by atoms with E-state index in [1.54, 1.807) is 0 Å². The minimum atomic E-state index is -0.354. The Morgan fingerprint density at radius 3 is 2.40 bits per heavy atom. The summed E-state index contributed by atoms with van der Waals surface area (Å²) in [5, 5.41) is 8.47. The smallest absolute Gasteiger partial charge is 0.0825 e. The zero-order valence-electron chi connectivity index (χ0n) is 5.91. The lowest BCUT2D eigenvalue weighted by Gasteiger charge is -2.18. The molecule has 1 aliphatic carbocycles. The van der Waals surface area contributed by atoms with Gasteiger partial charge in [0.05, 0.1) is 12.0 Å². The van der Waals surface area contributed by atoms with Gasteiger partial charge in [-0.3, -0.25) is 0 Å². The number of nitriles is 1. The SMILES string of the molecule is CC1(N)C=CC(C#N)C=C1. The van der Waals surface area contributed by atoms with E-state index in [4.69, 9.17) is 11.0 Å². The van der Waals surface area contributed by atoms with Gasteiger partial charge >= 0.3 is 0 Å². The van der Waals surface area contributed by atoms with Crippen molar-refractivity contribution in [1.82, 2.24) is 0 Å². The molecule has 0 unspecified atom stereocenters. The predicted octanol–water partition coefficient (Wildman–Crippen LogP) is 0.970. The second-order valence-corrected chi connectivity index (χ2v) is 2.74. The van der Waals surface area contributed by atoms with Crippen molar-refractivity contribution in [3.63, 3.8) is 0 Å². The summed E-state index contributed by atoms with van der Waals surface area (Å²) >= 11 is 0. The molecule has 0 heterocycles. The number of rotatable bonds is 0. The van der Waals surface area contributed by atoms with Gasteiger partial charge in [0.15, 0.2) is 0 Å². The van der Waals surface area contributed by atoms with Crippen LogP contribution in [-0.4, -0.2) is 5.54 Å². The van der Waals surface area contributed by atoms with Crippen LogP contribution in [0.3, 0.4) is 0 Å². The summed E-state index contributed by atoms with van der Waals surface area (Å²) in [5.74, 6) is -0.0865. The molecular formula is C8H10N2. The first-order valence-corrected chi connectivity index (χ1v) is 3.21. The van der Waals surface area contributed by atoms with Crippen LogP contribution in [-0.2, 0) is 0 Å². The average molecular weight is 134 g/mol. The van der Waals surface area contributed by atoms with Crippen LogP contribution < -0.4 is 5.73 Å². The number of allylic oxidation sites excluding steroid dienone is 2. The van der Waals surface area contributed by atoms with Crippen LogP contribution in [0.1, 0.15) is 6.92 Å². The lowest BCUT2D eigenvalue weighted by atomic mass is 9.93. The Labute approximate surface area is 60.6 Å². The molecule has 0 aromatic rings. The summed E-state index contributed by atoms with van der Waals surface area (Å²) in [6.45, 7) is 1.90. The van der Waals surface area contributed by atoms with Gasteiger partial charge in [-0.1, -0.05) is 24.3 Å². The fourth-order valence-corrected chi connectivity index (χ4v) is 0.828. The van der Waals surface area contributed by atoms with Gasteiger partial charge in [-0.25, -0.2) is 0 Å². The fraction of sp³-hybridized carbons (Fsp3) is 0.375. The highest BCUT2D eigenvalue weighted by molar-refractivity contribution is 5.26. The van der Waals surface area contributed by atoms with E-state index in [1.165, 1.54) is 0 Å². The molecule has 0 bridgehead atoms.